The number of aliphatic imine (C=N–C) groups is 1. The van der Waals surface area contributed by atoms with Crippen molar-refractivity contribution in [2.75, 3.05) is 19.6 Å². The Labute approximate surface area is 139 Å². The van der Waals surface area contributed by atoms with Crippen molar-refractivity contribution in [3.05, 3.63) is 0 Å². The third-order valence-corrected chi connectivity index (χ3v) is 4.38. The highest BCUT2D eigenvalue weighted by Gasteiger charge is 2.32. The van der Waals surface area contributed by atoms with Crippen LogP contribution in [0.3, 0.4) is 0 Å². The highest BCUT2D eigenvalue weighted by Crippen LogP contribution is 2.27. The largest absolute Gasteiger partial charge is 0.342 e. The first-order valence-electron chi connectivity index (χ1n) is 8.45. The Hall–Kier alpha value is -1.90. The third-order valence-electron chi connectivity index (χ3n) is 4.38. The maximum atomic E-state index is 11.8. The summed E-state index contributed by atoms with van der Waals surface area (Å²) in [7, 11) is 0. The summed E-state index contributed by atoms with van der Waals surface area (Å²) in [6.07, 6.45) is 5.18. The van der Waals surface area contributed by atoms with E-state index in [2.05, 4.69) is 13.8 Å². The predicted molar refractivity (Wildman–Crippen MR) is 89.9 cm³/mol. The van der Waals surface area contributed by atoms with Crippen LogP contribution in [0, 0.1) is 11.3 Å². The molecule has 1 fully saturated rings. The molecule has 0 atom stereocenters. The van der Waals surface area contributed by atoms with Gasteiger partial charge in [0.1, 0.15) is 12.3 Å². The summed E-state index contributed by atoms with van der Waals surface area (Å²) in [6.45, 7) is 8.01. The molecule has 0 aliphatic carbocycles. The molecule has 1 saturated heterocycles. The summed E-state index contributed by atoms with van der Waals surface area (Å²) in [6, 6.07) is 1.91. The second-order valence-electron chi connectivity index (χ2n) is 6.24. The first-order valence-corrected chi connectivity index (χ1v) is 8.45. The molecule has 0 aromatic heterocycles. The molecule has 1 rings (SSSR count). The lowest BCUT2D eigenvalue weighted by Gasteiger charge is -2.37. The average Bonchev–Trinajstić information content (AvgIpc) is 2.54. The normalized spacial score (nSPS) is 17.5. The van der Waals surface area contributed by atoms with Crippen LogP contribution in [0.2, 0.25) is 0 Å². The minimum absolute atomic E-state index is 0.0590. The second-order valence-corrected chi connectivity index (χ2v) is 6.24. The van der Waals surface area contributed by atoms with Gasteiger partial charge in [0.2, 0.25) is 12.3 Å². The molecule has 0 bridgehead atoms. The van der Waals surface area contributed by atoms with Gasteiger partial charge in [0.05, 0.1) is 11.6 Å². The number of carbonyl (C=O) groups excluding carboxylic acids is 2. The van der Waals surface area contributed by atoms with Crippen LogP contribution >= 0.6 is 0 Å². The van der Waals surface area contributed by atoms with E-state index in [1.165, 1.54) is 0 Å². The molecule has 1 aliphatic heterocycles. The molecule has 6 heteroatoms. The van der Waals surface area contributed by atoms with Crippen LogP contribution in [-0.4, -0.2) is 53.1 Å². The van der Waals surface area contributed by atoms with Gasteiger partial charge in [-0.1, -0.05) is 13.3 Å². The highest BCUT2D eigenvalue weighted by molar-refractivity contribution is 5.91. The molecule has 23 heavy (non-hydrogen) atoms. The number of nitrogens with zero attached hydrogens (tertiary/aromatic N) is 4. The molecule has 1 heterocycles. The predicted octanol–water partition coefficient (Wildman–Crippen LogP) is 2.35. The van der Waals surface area contributed by atoms with Gasteiger partial charge in [0.15, 0.2) is 0 Å². The number of unbranched alkanes of at least 4 members (excludes halogenated alkanes) is 1. The Bertz CT molecular complexity index is 473. The maximum Gasteiger partial charge on any atom is 0.236 e. The van der Waals surface area contributed by atoms with E-state index in [1.54, 1.807) is 9.80 Å². The van der Waals surface area contributed by atoms with E-state index in [1.807, 2.05) is 13.0 Å². The monoisotopic (exact) mass is 320 g/mol. The van der Waals surface area contributed by atoms with Gasteiger partial charge in [0, 0.05) is 26.1 Å². The number of hydrogen-bond donors (Lipinski definition) is 0. The molecule has 1 aliphatic rings. The summed E-state index contributed by atoms with van der Waals surface area (Å²) in [5.74, 6) is 0.747. The van der Waals surface area contributed by atoms with E-state index in [9.17, 15) is 9.59 Å². The molecule has 0 saturated carbocycles. The molecule has 6 nitrogen and oxygen atoms in total. The van der Waals surface area contributed by atoms with E-state index in [4.69, 9.17) is 10.3 Å². The van der Waals surface area contributed by atoms with Crippen molar-refractivity contribution >= 4 is 18.2 Å². The number of amidine groups is 1. The fraction of sp³-hybridized carbons (Fsp3) is 0.765. The van der Waals surface area contributed by atoms with Gasteiger partial charge in [-0.2, -0.15) is 5.26 Å². The Morgan fingerprint density at radius 3 is 2.52 bits per heavy atom. The van der Waals surface area contributed by atoms with Gasteiger partial charge in [0.25, 0.3) is 0 Å². The number of amides is 2. The minimum Gasteiger partial charge on any atom is -0.342 e. The van der Waals surface area contributed by atoms with E-state index in [0.717, 1.165) is 44.3 Å². The lowest BCUT2D eigenvalue weighted by Crippen LogP contribution is -2.45. The number of rotatable bonds is 7. The zero-order valence-corrected chi connectivity index (χ0v) is 14.5. The fourth-order valence-corrected chi connectivity index (χ4v) is 2.76. The summed E-state index contributed by atoms with van der Waals surface area (Å²) in [5.41, 5.74) is -0.247. The molecule has 0 spiro atoms. The first kappa shape index (κ1) is 19.1. The molecular weight excluding hydrogens is 292 g/mol. The van der Waals surface area contributed by atoms with E-state index in [0.29, 0.717) is 19.6 Å². The smallest absolute Gasteiger partial charge is 0.236 e. The van der Waals surface area contributed by atoms with Crippen LogP contribution in [0.25, 0.3) is 0 Å². The molecule has 128 valence electrons. The van der Waals surface area contributed by atoms with Gasteiger partial charge >= 0.3 is 0 Å². The standard InChI is InChI=1S/C17H28N4O2/c1-4-6-7-15(20(5-2)14-22)19-17(3)9-12-21(13-10-17)16(23)8-11-18/h14H,4-10,12-13H2,1-3H3. The number of hydrogen-bond acceptors (Lipinski definition) is 4. The van der Waals surface area contributed by atoms with Crippen LogP contribution in [0.1, 0.15) is 59.3 Å². The summed E-state index contributed by atoms with van der Waals surface area (Å²) >= 11 is 0. The number of carbonyl (C=O) groups is 2. The molecule has 0 aromatic carbocycles. The van der Waals surface area contributed by atoms with Crippen molar-refractivity contribution in [2.45, 2.75) is 64.8 Å². The Morgan fingerprint density at radius 1 is 1.39 bits per heavy atom. The first-order chi connectivity index (χ1) is 11.0. The SMILES string of the molecule is CCCCC(=NC1(C)CCN(C(=O)CC#N)CC1)N(C=O)CC. The van der Waals surface area contributed by atoms with E-state index in [-0.39, 0.29) is 17.9 Å². The maximum absolute atomic E-state index is 11.8. The average molecular weight is 320 g/mol. The Kier molecular flexibility index (Phi) is 7.73. The quantitative estimate of drug-likeness (QED) is 0.410. The minimum atomic E-state index is -0.247. The van der Waals surface area contributed by atoms with Crippen molar-refractivity contribution in [2.24, 2.45) is 4.99 Å². The van der Waals surface area contributed by atoms with Gasteiger partial charge < -0.3 is 9.80 Å². The highest BCUT2D eigenvalue weighted by atomic mass is 16.2. The van der Waals surface area contributed by atoms with Crippen molar-refractivity contribution < 1.29 is 9.59 Å². The number of likely N-dealkylation sites (tertiary alicyclic amines) is 1. The van der Waals surface area contributed by atoms with Gasteiger partial charge in [-0.25, -0.2) is 0 Å². The van der Waals surface area contributed by atoms with Crippen molar-refractivity contribution in [1.82, 2.24) is 9.80 Å². The van der Waals surface area contributed by atoms with Crippen LogP contribution < -0.4 is 0 Å². The fourth-order valence-electron chi connectivity index (χ4n) is 2.76. The van der Waals surface area contributed by atoms with Crippen LogP contribution in [-0.2, 0) is 9.59 Å². The van der Waals surface area contributed by atoms with E-state index >= 15 is 0 Å². The van der Waals surface area contributed by atoms with Crippen LogP contribution in [0.5, 0.6) is 0 Å². The molecule has 2 amide bonds. The lowest BCUT2D eigenvalue weighted by molar-refractivity contribution is -0.131. The van der Waals surface area contributed by atoms with Crippen LogP contribution in [0.15, 0.2) is 4.99 Å². The number of nitriles is 1. The molecule has 0 radical (unpaired) electrons. The molecule has 0 N–H and O–H groups in total. The van der Waals surface area contributed by atoms with Gasteiger partial charge in [-0.05, 0) is 33.1 Å². The zero-order chi connectivity index (χ0) is 17.3. The zero-order valence-electron chi connectivity index (χ0n) is 14.5. The van der Waals surface area contributed by atoms with E-state index < -0.39 is 0 Å². The van der Waals surface area contributed by atoms with Crippen LogP contribution in [0.4, 0.5) is 0 Å². The second kappa shape index (κ2) is 9.29. The van der Waals surface area contributed by atoms with Gasteiger partial charge in [-0.15, -0.1) is 0 Å². The van der Waals surface area contributed by atoms with Crippen molar-refractivity contribution in [3.63, 3.8) is 0 Å². The summed E-state index contributed by atoms with van der Waals surface area (Å²) < 4.78 is 0. The molecular formula is C17H28N4O2. The molecule has 0 unspecified atom stereocenters. The summed E-state index contributed by atoms with van der Waals surface area (Å²) in [4.78, 5) is 31.4. The Balaban J connectivity index is 2.80. The number of piperidine rings is 1. The third kappa shape index (κ3) is 5.66. The van der Waals surface area contributed by atoms with Gasteiger partial charge in [-0.3, -0.25) is 14.6 Å². The Morgan fingerprint density at radius 2 is 2.04 bits per heavy atom. The molecule has 0 aromatic rings. The lowest BCUT2D eigenvalue weighted by atomic mass is 9.90. The topological polar surface area (TPSA) is 76.8 Å². The van der Waals surface area contributed by atoms with Crippen molar-refractivity contribution in [3.8, 4) is 6.07 Å². The summed E-state index contributed by atoms with van der Waals surface area (Å²) in [5, 5.41) is 8.63. The van der Waals surface area contributed by atoms with Crippen molar-refractivity contribution in [1.29, 1.82) is 5.26 Å².